The van der Waals surface area contributed by atoms with Crippen molar-refractivity contribution in [2.45, 2.75) is 31.7 Å². The van der Waals surface area contributed by atoms with Crippen molar-refractivity contribution in [3.63, 3.8) is 0 Å². The SMILES string of the molecule is Cc1cc(F)c(N)c(C)c1S(=O)(=O)NC(C)c1cn[nH]c1. The maximum atomic E-state index is 13.5. The summed E-state index contributed by atoms with van der Waals surface area (Å²) in [4.78, 5) is 0.0109. The van der Waals surface area contributed by atoms with E-state index in [1.54, 1.807) is 13.1 Å². The van der Waals surface area contributed by atoms with E-state index >= 15 is 0 Å². The number of aromatic amines is 1. The molecule has 0 aliphatic carbocycles. The number of nitrogens with zero attached hydrogens (tertiary/aromatic N) is 1. The summed E-state index contributed by atoms with van der Waals surface area (Å²) in [6, 6.07) is 0.651. The first-order chi connectivity index (χ1) is 9.74. The van der Waals surface area contributed by atoms with Crippen molar-refractivity contribution in [1.82, 2.24) is 14.9 Å². The number of nitrogen functional groups attached to an aromatic ring is 1. The average molecular weight is 312 g/mol. The molecule has 1 atom stereocenters. The molecule has 21 heavy (non-hydrogen) atoms. The van der Waals surface area contributed by atoms with Gasteiger partial charge in [0.25, 0.3) is 0 Å². The zero-order valence-electron chi connectivity index (χ0n) is 11.9. The Bertz CT molecular complexity index is 757. The molecule has 4 N–H and O–H groups in total. The predicted molar refractivity (Wildman–Crippen MR) is 77.6 cm³/mol. The Morgan fingerprint density at radius 2 is 2.10 bits per heavy atom. The number of halogens is 1. The zero-order chi connectivity index (χ0) is 15.8. The van der Waals surface area contributed by atoms with E-state index in [4.69, 9.17) is 5.73 Å². The van der Waals surface area contributed by atoms with Crippen molar-refractivity contribution in [2.24, 2.45) is 0 Å². The van der Waals surface area contributed by atoms with Crippen LogP contribution in [0.3, 0.4) is 0 Å². The first-order valence-corrected chi connectivity index (χ1v) is 7.78. The van der Waals surface area contributed by atoms with E-state index in [0.29, 0.717) is 11.1 Å². The monoisotopic (exact) mass is 312 g/mol. The van der Waals surface area contributed by atoms with Gasteiger partial charge in [-0.3, -0.25) is 5.10 Å². The molecule has 0 saturated heterocycles. The summed E-state index contributed by atoms with van der Waals surface area (Å²) in [5.74, 6) is -0.619. The summed E-state index contributed by atoms with van der Waals surface area (Å²) < 4.78 is 41.1. The molecule has 1 heterocycles. The third-order valence-corrected chi connectivity index (χ3v) is 5.15. The number of hydrogen-bond donors (Lipinski definition) is 3. The molecule has 0 radical (unpaired) electrons. The number of aromatic nitrogens is 2. The van der Waals surface area contributed by atoms with Crippen LogP contribution in [0.2, 0.25) is 0 Å². The van der Waals surface area contributed by atoms with Gasteiger partial charge in [-0.15, -0.1) is 0 Å². The van der Waals surface area contributed by atoms with Crippen LogP contribution in [0.5, 0.6) is 0 Å². The minimum atomic E-state index is -3.82. The lowest BCUT2D eigenvalue weighted by Crippen LogP contribution is -2.28. The zero-order valence-corrected chi connectivity index (χ0v) is 12.8. The lowest BCUT2D eigenvalue weighted by molar-refractivity contribution is 0.565. The minimum Gasteiger partial charge on any atom is -0.396 e. The van der Waals surface area contributed by atoms with Crippen LogP contribution in [0.1, 0.15) is 29.7 Å². The average Bonchev–Trinajstić information content (AvgIpc) is 2.89. The highest BCUT2D eigenvalue weighted by molar-refractivity contribution is 7.89. The summed E-state index contributed by atoms with van der Waals surface area (Å²) in [6.45, 7) is 4.72. The molecule has 0 saturated carbocycles. The van der Waals surface area contributed by atoms with E-state index < -0.39 is 21.9 Å². The highest BCUT2D eigenvalue weighted by Gasteiger charge is 2.25. The van der Waals surface area contributed by atoms with Crippen LogP contribution in [0.25, 0.3) is 0 Å². The summed E-state index contributed by atoms with van der Waals surface area (Å²) in [5.41, 5.74) is 6.65. The van der Waals surface area contributed by atoms with E-state index in [9.17, 15) is 12.8 Å². The third kappa shape index (κ3) is 2.91. The number of benzene rings is 1. The van der Waals surface area contributed by atoms with Gasteiger partial charge in [-0.05, 0) is 38.0 Å². The molecule has 0 bridgehead atoms. The fraction of sp³-hybridized carbons (Fsp3) is 0.308. The molecular formula is C13H17FN4O2S. The summed E-state index contributed by atoms with van der Waals surface area (Å²) in [5, 5.41) is 6.40. The Morgan fingerprint density at radius 3 is 2.67 bits per heavy atom. The molecule has 0 amide bonds. The normalized spacial score (nSPS) is 13.3. The molecule has 2 rings (SSSR count). The number of H-pyrrole nitrogens is 1. The van der Waals surface area contributed by atoms with E-state index in [-0.39, 0.29) is 16.1 Å². The van der Waals surface area contributed by atoms with E-state index in [1.807, 2.05) is 0 Å². The summed E-state index contributed by atoms with van der Waals surface area (Å²) in [7, 11) is -3.82. The van der Waals surface area contributed by atoms with Crippen molar-refractivity contribution in [1.29, 1.82) is 0 Å². The first kappa shape index (κ1) is 15.5. The van der Waals surface area contributed by atoms with Crippen molar-refractivity contribution in [3.05, 3.63) is 41.0 Å². The Labute approximate surface area is 122 Å². The van der Waals surface area contributed by atoms with Gasteiger partial charge in [-0.2, -0.15) is 5.10 Å². The molecule has 0 aliphatic rings. The van der Waals surface area contributed by atoms with Gasteiger partial charge < -0.3 is 5.73 Å². The van der Waals surface area contributed by atoms with Gasteiger partial charge in [0.2, 0.25) is 10.0 Å². The molecule has 1 aromatic heterocycles. The largest absolute Gasteiger partial charge is 0.396 e. The van der Waals surface area contributed by atoms with Gasteiger partial charge in [-0.25, -0.2) is 17.5 Å². The van der Waals surface area contributed by atoms with Gasteiger partial charge in [-0.1, -0.05) is 0 Å². The van der Waals surface area contributed by atoms with Crippen LogP contribution >= 0.6 is 0 Å². The van der Waals surface area contributed by atoms with Crippen molar-refractivity contribution in [3.8, 4) is 0 Å². The Morgan fingerprint density at radius 1 is 1.43 bits per heavy atom. The van der Waals surface area contributed by atoms with Crippen LogP contribution in [0.4, 0.5) is 10.1 Å². The Hall–Kier alpha value is -1.93. The molecular weight excluding hydrogens is 295 g/mol. The number of nitrogens with two attached hydrogens (primary N) is 1. The van der Waals surface area contributed by atoms with Gasteiger partial charge >= 0.3 is 0 Å². The number of sulfonamides is 1. The topological polar surface area (TPSA) is 101 Å². The highest BCUT2D eigenvalue weighted by Crippen LogP contribution is 2.28. The molecule has 6 nitrogen and oxygen atoms in total. The predicted octanol–water partition coefficient (Wildman–Crippen LogP) is 1.79. The molecule has 114 valence electrons. The van der Waals surface area contributed by atoms with Crippen molar-refractivity contribution in [2.75, 3.05) is 5.73 Å². The number of nitrogens with one attached hydrogen (secondary N) is 2. The summed E-state index contributed by atoms with van der Waals surface area (Å²) in [6.07, 6.45) is 3.14. The molecule has 0 aliphatic heterocycles. The van der Waals surface area contributed by atoms with Crippen LogP contribution in [-0.2, 0) is 10.0 Å². The molecule has 0 spiro atoms. The third-order valence-electron chi connectivity index (χ3n) is 3.32. The first-order valence-electron chi connectivity index (χ1n) is 6.30. The molecule has 1 aromatic carbocycles. The second-order valence-electron chi connectivity index (χ2n) is 4.92. The van der Waals surface area contributed by atoms with Crippen molar-refractivity contribution < 1.29 is 12.8 Å². The molecule has 1 unspecified atom stereocenters. The lowest BCUT2D eigenvalue weighted by Gasteiger charge is -2.17. The van der Waals surface area contributed by atoms with Crippen LogP contribution in [-0.4, -0.2) is 18.6 Å². The highest BCUT2D eigenvalue weighted by atomic mass is 32.2. The van der Waals surface area contributed by atoms with Crippen LogP contribution < -0.4 is 10.5 Å². The second-order valence-corrected chi connectivity index (χ2v) is 6.57. The fourth-order valence-electron chi connectivity index (χ4n) is 2.20. The molecule has 0 fully saturated rings. The smallest absolute Gasteiger partial charge is 0.241 e. The van der Waals surface area contributed by atoms with E-state index in [0.717, 1.165) is 6.07 Å². The Kier molecular flexibility index (Phi) is 4.02. The standard InChI is InChI=1S/C13H17FN4O2S/c1-7-4-11(14)12(15)8(2)13(7)21(19,20)18-9(3)10-5-16-17-6-10/h4-6,9,18H,15H2,1-3H3,(H,16,17). The lowest BCUT2D eigenvalue weighted by atomic mass is 10.1. The molecule has 8 heteroatoms. The summed E-state index contributed by atoms with van der Waals surface area (Å²) >= 11 is 0. The van der Waals surface area contributed by atoms with E-state index in [1.165, 1.54) is 20.0 Å². The van der Waals surface area contributed by atoms with E-state index in [2.05, 4.69) is 14.9 Å². The number of rotatable bonds is 4. The maximum absolute atomic E-state index is 13.5. The van der Waals surface area contributed by atoms with Gasteiger partial charge in [0.1, 0.15) is 5.82 Å². The van der Waals surface area contributed by atoms with Crippen LogP contribution in [0, 0.1) is 19.7 Å². The quantitative estimate of drug-likeness (QED) is 0.749. The van der Waals surface area contributed by atoms with Crippen LogP contribution in [0.15, 0.2) is 23.4 Å². The minimum absolute atomic E-state index is 0.0109. The second kappa shape index (κ2) is 5.45. The van der Waals surface area contributed by atoms with Gasteiger partial charge in [0.05, 0.1) is 16.8 Å². The molecule has 2 aromatic rings. The fourth-order valence-corrected chi connectivity index (χ4v) is 3.92. The number of hydrogen-bond acceptors (Lipinski definition) is 4. The van der Waals surface area contributed by atoms with Gasteiger partial charge in [0.15, 0.2) is 0 Å². The van der Waals surface area contributed by atoms with Crippen molar-refractivity contribution >= 4 is 15.7 Å². The maximum Gasteiger partial charge on any atom is 0.241 e. The number of anilines is 1. The van der Waals surface area contributed by atoms with Gasteiger partial charge in [0, 0.05) is 17.8 Å². The number of aryl methyl sites for hydroxylation is 1. The Balaban J connectivity index is 2.43.